The highest BCUT2D eigenvalue weighted by Crippen LogP contribution is 2.40. The lowest BCUT2D eigenvalue weighted by Gasteiger charge is -2.45. The molecule has 174 valence electrons. The molecule has 2 aromatic heterocycles. The smallest absolute Gasteiger partial charge is 0.251 e. The molecule has 3 aromatic rings. The van der Waals surface area contributed by atoms with E-state index >= 15 is 0 Å². The van der Waals surface area contributed by atoms with E-state index in [4.69, 9.17) is 9.47 Å². The number of rotatable bonds is 6. The summed E-state index contributed by atoms with van der Waals surface area (Å²) in [6.07, 6.45) is 4.91. The molecule has 8 heteroatoms. The molecule has 5 rings (SSSR count). The molecule has 0 radical (unpaired) electrons. The highest BCUT2D eigenvalue weighted by Gasteiger charge is 2.47. The molecule has 33 heavy (non-hydrogen) atoms. The number of thiophene rings is 1. The summed E-state index contributed by atoms with van der Waals surface area (Å²) in [6, 6.07) is 12.1. The van der Waals surface area contributed by atoms with Crippen molar-refractivity contribution in [3.05, 3.63) is 69.9 Å². The molecule has 1 fully saturated rings. The number of hydrogen-bond donors (Lipinski definition) is 1. The van der Waals surface area contributed by atoms with Crippen LogP contribution < -0.4 is 10.1 Å². The number of imidazole rings is 1. The minimum atomic E-state index is -0.531. The maximum absolute atomic E-state index is 13.1. The van der Waals surface area contributed by atoms with E-state index in [0.717, 1.165) is 49.6 Å². The van der Waals surface area contributed by atoms with Gasteiger partial charge in [-0.25, -0.2) is 4.98 Å². The minimum Gasteiger partial charge on any atom is -0.497 e. The number of carbonyl (C=O) groups excluding carboxylic acids is 1. The maximum Gasteiger partial charge on any atom is 0.251 e. The van der Waals surface area contributed by atoms with Crippen molar-refractivity contribution in [3.8, 4) is 5.75 Å². The molecule has 1 aromatic carbocycles. The van der Waals surface area contributed by atoms with Crippen LogP contribution in [0.3, 0.4) is 0 Å². The molecule has 4 heterocycles. The average molecular weight is 467 g/mol. The third kappa shape index (κ3) is 4.69. The first kappa shape index (κ1) is 22.1. The predicted octanol–water partition coefficient (Wildman–Crippen LogP) is 3.47. The summed E-state index contributed by atoms with van der Waals surface area (Å²) in [5.74, 6) is 1.67. The molecule has 7 nitrogen and oxygen atoms in total. The Balaban J connectivity index is 1.24. The van der Waals surface area contributed by atoms with Gasteiger partial charge in [-0.3, -0.25) is 9.69 Å². The zero-order valence-corrected chi connectivity index (χ0v) is 19.9. The third-order valence-corrected chi connectivity index (χ3v) is 7.60. The van der Waals surface area contributed by atoms with E-state index in [9.17, 15) is 4.79 Å². The summed E-state index contributed by atoms with van der Waals surface area (Å²) in [5, 5.41) is 3.05. The number of nitrogens with one attached hydrogen (secondary N) is 1. The van der Waals surface area contributed by atoms with Gasteiger partial charge >= 0.3 is 0 Å². The maximum atomic E-state index is 13.1. The zero-order chi connectivity index (χ0) is 22.8. The molecule has 1 N–H and O–H groups in total. The Morgan fingerprint density at radius 1 is 1.24 bits per heavy atom. The second-order valence-corrected chi connectivity index (χ2v) is 10.2. The van der Waals surface area contributed by atoms with Gasteiger partial charge in [0, 0.05) is 48.3 Å². The molecular formula is C25H30N4O3S. The summed E-state index contributed by atoms with van der Waals surface area (Å²) >= 11 is 1.86. The Morgan fingerprint density at radius 3 is 2.73 bits per heavy atom. The van der Waals surface area contributed by atoms with Crippen LogP contribution in [0.4, 0.5) is 0 Å². The second-order valence-electron chi connectivity index (χ2n) is 8.86. The topological polar surface area (TPSA) is 68.6 Å². The van der Waals surface area contributed by atoms with Crippen LogP contribution >= 0.6 is 11.3 Å². The largest absolute Gasteiger partial charge is 0.497 e. The van der Waals surface area contributed by atoms with Crippen molar-refractivity contribution in [2.24, 2.45) is 0 Å². The van der Waals surface area contributed by atoms with E-state index in [0.29, 0.717) is 13.1 Å². The summed E-state index contributed by atoms with van der Waals surface area (Å²) in [5.41, 5.74) is 0.515. The van der Waals surface area contributed by atoms with Gasteiger partial charge < -0.3 is 19.4 Å². The number of carbonyl (C=O) groups is 1. The van der Waals surface area contributed by atoms with Crippen LogP contribution in [0.15, 0.2) is 48.8 Å². The molecule has 2 aliphatic rings. The lowest BCUT2D eigenvalue weighted by molar-refractivity contribution is -0.174. The van der Waals surface area contributed by atoms with Gasteiger partial charge in [0.2, 0.25) is 0 Å². The van der Waals surface area contributed by atoms with Gasteiger partial charge in [0.15, 0.2) is 6.10 Å². The molecule has 0 bridgehead atoms. The molecule has 1 saturated heterocycles. The Labute approximate surface area is 198 Å². The SMILES string of the molecule is COc1ccc(CNC(=O)C2Cn3ccnc3C3(CCN(Cc4ccc(C)s4)CC3)O2)cc1. The van der Waals surface area contributed by atoms with Crippen molar-refractivity contribution in [2.75, 3.05) is 20.2 Å². The lowest BCUT2D eigenvalue weighted by Crippen LogP contribution is -2.53. The number of nitrogens with zero attached hydrogens (tertiary/aromatic N) is 3. The number of piperidine rings is 1. The van der Waals surface area contributed by atoms with Crippen LogP contribution in [0, 0.1) is 6.92 Å². The third-order valence-electron chi connectivity index (χ3n) is 6.61. The Bertz CT molecular complexity index is 1100. The van der Waals surface area contributed by atoms with E-state index in [1.54, 1.807) is 7.11 Å². The van der Waals surface area contributed by atoms with Crippen molar-refractivity contribution < 1.29 is 14.3 Å². The van der Waals surface area contributed by atoms with Gasteiger partial charge in [-0.05, 0) is 49.6 Å². The quantitative estimate of drug-likeness (QED) is 0.603. The zero-order valence-electron chi connectivity index (χ0n) is 19.1. The normalized spacial score (nSPS) is 19.9. The van der Waals surface area contributed by atoms with Crippen molar-refractivity contribution in [2.45, 2.75) is 51.1 Å². The average Bonchev–Trinajstić information content (AvgIpc) is 3.48. The van der Waals surface area contributed by atoms with Crippen molar-refractivity contribution in [1.82, 2.24) is 19.8 Å². The van der Waals surface area contributed by atoms with Crippen LogP contribution in [0.5, 0.6) is 5.75 Å². The predicted molar refractivity (Wildman–Crippen MR) is 127 cm³/mol. The van der Waals surface area contributed by atoms with Crippen molar-refractivity contribution in [3.63, 3.8) is 0 Å². The number of ether oxygens (including phenoxy) is 2. The van der Waals surface area contributed by atoms with Gasteiger partial charge in [0.05, 0.1) is 13.7 Å². The van der Waals surface area contributed by atoms with E-state index in [2.05, 4.69) is 38.8 Å². The molecular weight excluding hydrogens is 436 g/mol. The number of amides is 1. The molecule has 1 atom stereocenters. The number of likely N-dealkylation sites (tertiary alicyclic amines) is 1. The fourth-order valence-electron chi connectivity index (χ4n) is 4.78. The van der Waals surface area contributed by atoms with Crippen LogP contribution in [-0.2, 0) is 34.8 Å². The van der Waals surface area contributed by atoms with Crippen LogP contribution in [-0.4, -0.2) is 46.7 Å². The fourth-order valence-corrected chi connectivity index (χ4v) is 5.72. The van der Waals surface area contributed by atoms with Crippen LogP contribution in [0.2, 0.25) is 0 Å². The summed E-state index contributed by atoms with van der Waals surface area (Å²) in [6.45, 7) is 5.90. The minimum absolute atomic E-state index is 0.0824. The van der Waals surface area contributed by atoms with Crippen LogP contribution in [0.1, 0.15) is 34.0 Å². The first-order valence-corrected chi connectivity index (χ1v) is 12.2. The van der Waals surface area contributed by atoms with Crippen molar-refractivity contribution >= 4 is 17.2 Å². The van der Waals surface area contributed by atoms with Gasteiger partial charge in [0.25, 0.3) is 5.91 Å². The molecule has 1 amide bonds. The molecule has 2 aliphatic heterocycles. The first-order chi connectivity index (χ1) is 16.0. The lowest BCUT2D eigenvalue weighted by atomic mass is 9.88. The summed E-state index contributed by atoms with van der Waals surface area (Å²) in [4.78, 5) is 22.9. The number of aryl methyl sites for hydroxylation is 1. The molecule has 0 saturated carbocycles. The number of fused-ring (bicyclic) bond motifs is 2. The molecule has 0 aliphatic carbocycles. The fraction of sp³-hybridized carbons (Fsp3) is 0.440. The van der Waals surface area contributed by atoms with E-state index in [1.165, 1.54) is 9.75 Å². The standard InChI is InChI=1S/C25H30N4O3S/c1-18-3-8-21(33-18)16-28-12-9-25(10-13-28)24-26-11-14-29(24)17-22(32-25)23(30)27-15-19-4-6-20(31-2)7-5-19/h3-8,11,14,22H,9-10,12-13,15-17H2,1-2H3,(H,27,30). The summed E-state index contributed by atoms with van der Waals surface area (Å²) in [7, 11) is 1.64. The summed E-state index contributed by atoms with van der Waals surface area (Å²) < 4.78 is 13.8. The van der Waals surface area contributed by atoms with Gasteiger partial charge in [-0.2, -0.15) is 0 Å². The first-order valence-electron chi connectivity index (χ1n) is 11.4. The van der Waals surface area contributed by atoms with E-state index in [-0.39, 0.29) is 5.91 Å². The second kappa shape index (κ2) is 9.29. The molecule has 1 spiro atoms. The van der Waals surface area contributed by atoms with E-state index in [1.807, 2.05) is 48.0 Å². The number of hydrogen-bond acceptors (Lipinski definition) is 6. The van der Waals surface area contributed by atoms with Gasteiger partial charge in [0.1, 0.15) is 17.2 Å². The van der Waals surface area contributed by atoms with E-state index < -0.39 is 11.7 Å². The monoisotopic (exact) mass is 466 g/mol. The Hall–Kier alpha value is -2.68. The van der Waals surface area contributed by atoms with Crippen molar-refractivity contribution in [1.29, 1.82) is 0 Å². The van der Waals surface area contributed by atoms with Crippen LogP contribution in [0.25, 0.3) is 0 Å². The highest BCUT2D eigenvalue weighted by atomic mass is 32.1. The molecule has 1 unspecified atom stereocenters. The Kier molecular flexibility index (Phi) is 6.23. The van der Waals surface area contributed by atoms with Gasteiger partial charge in [-0.1, -0.05) is 12.1 Å². The number of benzene rings is 1. The highest BCUT2D eigenvalue weighted by molar-refractivity contribution is 7.11. The number of methoxy groups -OCH3 is 1. The Morgan fingerprint density at radius 2 is 2.03 bits per heavy atom. The van der Waals surface area contributed by atoms with Gasteiger partial charge in [-0.15, -0.1) is 11.3 Å². The number of aromatic nitrogens is 2.